The topological polar surface area (TPSA) is 77.2 Å². The maximum absolute atomic E-state index is 13.3. The number of nitrogens with two attached hydrogens (primary N) is 1. The molecule has 0 saturated carbocycles. The van der Waals surface area contributed by atoms with Gasteiger partial charge in [-0.05, 0) is 54.3 Å². The number of likely N-dealkylation sites (N-methyl/N-ethyl adjacent to an activating group) is 1. The number of nitrogens with zero attached hydrogens (tertiary/aromatic N) is 2. The largest absolute Gasteiger partial charge is 0.435 e. The SMILES string of the molecule is CCOCC=C(C)c1cccc(C2(c3ccc(OC(F)F)cc3)N=C(N)N(C)C2=O)c1. The normalized spacial score (nSPS) is 19.2. The van der Waals surface area contributed by atoms with Crippen molar-refractivity contribution in [3.05, 3.63) is 71.3 Å². The number of ether oxygens (including phenoxy) is 2. The number of allylic oxidation sites excluding steroid dienone is 1. The van der Waals surface area contributed by atoms with Gasteiger partial charge in [0.25, 0.3) is 5.91 Å². The van der Waals surface area contributed by atoms with Gasteiger partial charge in [0, 0.05) is 13.7 Å². The second-order valence-electron chi connectivity index (χ2n) is 7.07. The lowest BCUT2D eigenvalue weighted by molar-refractivity contribution is -0.129. The highest BCUT2D eigenvalue weighted by molar-refractivity contribution is 6.09. The van der Waals surface area contributed by atoms with Crippen LogP contribution in [0.4, 0.5) is 8.78 Å². The number of rotatable bonds is 8. The van der Waals surface area contributed by atoms with Gasteiger partial charge in [-0.15, -0.1) is 0 Å². The van der Waals surface area contributed by atoms with Crippen LogP contribution in [0.15, 0.2) is 59.6 Å². The molecule has 164 valence electrons. The highest BCUT2D eigenvalue weighted by Gasteiger charge is 2.49. The van der Waals surface area contributed by atoms with Gasteiger partial charge in [-0.1, -0.05) is 36.4 Å². The van der Waals surface area contributed by atoms with Gasteiger partial charge in [0.2, 0.25) is 0 Å². The Hall–Kier alpha value is -3.26. The van der Waals surface area contributed by atoms with E-state index in [1.54, 1.807) is 25.2 Å². The molecule has 1 atom stereocenters. The Morgan fingerprint density at radius 1 is 1.23 bits per heavy atom. The van der Waals surface area contributed by atoms with Crippen molar-refractivity contribution in [3.8, 4) is 5.75 Å². The molecule has 0 fully saturated rings. The van der Waals surface area contributed by atoms with Crippen LogP contribution in [0.2, 0.25) is 0 Å². The summed E-state index contributed by atoms with van der Waals surface area (Å²) in [6, 6.07) is 13.3. The summed E-state index contributed by atoms with van der Waals surface area (Å²) in [6.07, 6.45) is 1.96. The molecule has 1 unspecified atom stereocenters. The number of guanidine groups is 1. The molecule has 0 spiro atoms. The first kappa shape index (κ1) is 22.4. The van der Waals surface area contributed by atoms with E-state index in [2.05, 4.69) is 9.73 Å². The second kappa shape index (κ2) is 9.26. The predicted octanol–water partition coefficient (Wildman–Crippen LogP) is 3.76. The highest BCUT2D eigenvalue weighted by Crippen LogP contribution is 2.40. The van der Waals surface area contributed by atoms with Crippen LogP contribution in [0, 0.1) is 0 Å². The predicted molar refractivity (Wildman–Crippen MR) is 115 cm³/mol. The summed E-state index contributed by atoms with van der Waals surface area (Å²) in [5.74, 6) is -0.263. The summed E-state index contributed by atoms with van der Waals surface area (Å²) in [4.78, 5) is 19.2. The Morgan fingerprint density at radius 2 is 1.94 bits per heavy atom. The highest BCUT2D eigenvalue weighted by atomic mass is 19.3. The van der Waals surface area contributed by atoms with Crippen LogP contribution in [0.1, 0.15) is 30.5 Å². The molecular formula is C23H25F2N3O3. The molecule has 0 saturated heterocycles. The molecule has 6 nitrogen and oxygen atoms in total. The molecule has 2 aromatic rings. The Morgan fingerprint density at radius 3 is 2.52 bits per heavy atom. The Bertz CT molecular complexity index is 1010. The first-order valence-electron chi connectivity index (χ1n) is 9.83. The van der Waals surface area contributed by atoms with E-state index in [1.807, 2.05) is 38.1 Å². The van der Waals surface area contributed by atoms with E-state index in [1.165, 1.54) is 17.0 Å². The lowest BCUT2D eigenvalue weighted by Crippen LogP contribution is -2.41. The molecule has 0 radical (unpaired) electrons. The number of benzene rings is 2. The van der Waals surface area contributed by atoms with Crippen LogP contribution in [-0.2, 0) is 15.1 Å². The Labute approximate surface area is 180 Å². The van der Waals surface area contributed by atoms with Crippen molar-refractivity contribution in [2.75, 3.05) is 20.3 Å². The summed E-state index contributed by atoms with van der Waals surface area (Å²) >= 11 is 0. The fourth-order valence-electron chi connectivity index (χ4n) is 3.47. The number of hydrogen-bond donors (Lipinski definition) is 1. The van der Waals surface area contributed by atoms with Crippen molar-refractivity contribution in [1.29, 1.82) is 0 Å². The average molecular weight is 429 g/mol. The Balaban J connectivity index is 2.09. The molecule has 0 bridgehead atoms. The lowest BCUT2D eigenvalue weighted by atomic mass is 9.81. The molecule has 0 aliphatic carbocycles. The minimum Gasteiger partial charge on any atom is -0.435 e. The fourth-order valence-corrected chi connectivity index (χ4v) is 3.47. The third-order valence-electron chi connectivity index (χ3n) is 5.18. The van der Waals surface area contributed by atoms with Crippen LogP contribution in [-0.4, -0.2) is 43.6 Å². The van der Waals surface area contributed by atoms with Crippen LogP contribution in [0.3, 0.4) is 0 Å². The smallest absolute Gasteiger partial charge is 0.387 e. The molecule has 1 aliphatic heterocycles. The van der Waals surface area contributed by atoms with Gasteiger partial charge < -0.3 is 15.2 Å². The monoisotopic (exact) mass is 429 g/mol. The molecule has 1 heterocycles. The maximum Gasteiger partial charge on any atom is 0.387 e. The second-order valence-corrected chi connectivity index (χ2v) is 7.07. The van der Waals surface area contributed by atoms with E-state index in [4.69, 9.17) is 10.5 Å². The van der Waals surface area contributed by atoms with E-state index in [0.717, 1.165) is 11.1 Å². The van der Waals surface area contributed by atoms with Crippen LogP contribution >= 0.6 is 0 Å². The maximum atomic E-state index is 13.3. The van der Waals surface area contributed by atoms with Gasteiger partial charge in [0.15, 0.2) is 11.5 Å². The third kappa shape index (κ3) is 4.44. The molecule has 1 aliphatic rings. The average Bonchev–Trinajstić information content (AvgIpc) is 2.99. The fraction of sp³-hybridized carbons (Fsp3) is 0.304. The summed E-state index contributed by atoms with van der Waals surface area (Å²) in [5, 5.41) is 0. The lowest BCUT2D eigenvalue weighted by Gasteiger charge is -2.26. The van der Waals surface area contributed by atoms with Crippen LogP contribution in [0.25, 0.3) is 5.57 Å². The minimum absolute atomic E-state index is 0.00638. The quantitative estimate of drug-likeness (QED) is 0.649. The first-order chi connectivity index (χ1) is 14.8. The zero-order valence-electron chi connectivity index (χ0n) is 17.6. The molecule has 8 heteroatoms. The summed E-state index contributed by atoms with van der Waals surface area (Å²) in [6.45, 7) is 2.05. The van der Waals surface area contributed by atoms with E-state index in [-0.39, 0.29) is 17.6 Å². The summed E-state index contributed by atoms with van der Waals surface area (Å²) in [5.41, 5.74) is 7.59. The zero-order valence-corrected chi connectivity index (χ0v) is 17.6. The van der Waals surface area contributed by atoms with E-state index in [9.17, 15) is 13.6 Å². The van der Waals surface area contributed by atoms with Crippen molar-refractivity contribution in [2.45, 2.75) is 26.0 Å². The van der Waals surface area contributed by atoms with Gasteiger partial charge in [-0.3, -0.25) is 9.69 Å². The number of carbonyl (C=O) groups is 1. The van der Waals surface area contributed by atoms with Gasteiger partial charge >= 0.3 is 6.61 Å². The standard InChI is InChI=1S/C23H25F2N3O3/c1-4-30-13-12-15(2)16-6-5-7-18(14-16)23(20(29)28(3)22(26)27-23)17-8-10-19(11-9-17)31-21(24)25/h5-12,14,21H,4,13H2,1-3H3,(H2,26,27). The van der Waals surface area contributed by atoms with Crippen molar-refractivity contribution < 1.29 is 23.0 Å². The minimum atomic E-state index is -2.93. The molecular weight excluding hydrogens is 404 g/mol. The van der Waals surface area contributed by atoms with Crippen molar-refractivity contribution >= 4 is 17.4 Å². The first-order valence-corrected chi connectivity index (χ1v) is 9.83. The van der Waals surface area contributed by atoms with Gasteiger partial charge in [0.05, 0.1) is 6.61 Å². The molecule has 1 amide bonds. The van der Waals surface area contributed by atoms with Crippen molar-refractivity contribution in [1.82, 2.24) is 4.90 Å². The van der Waals surface area contributed by atoms with E-state index < -0.39 is 12.2 Å². The molecule has 31 heavy (non-hydrogen) atoms. The van der Waals surface area contributed by atoms with Crippen molar-refractivity contribution in [2.24, 2.45) is 10.7 Å². The van der Waals surface area contributed by atoms with E-state index in [0.29, 0.717) is 24.3 Å². The van der Waals surface area contributed by atoms with E-state index >= 15 is 0 Å². The molecule has 2 aromatic carbocycles. The number of carbonyl (C=O) groups excluding carboxylic acids is 1. The van der Waals surface area contributed by atoms with Gasteiger partial charge in [-0.25, -0.2) is 4.99 Å². The number of hydrogen-bond acceptors (Lipinski definition) is 5. The van der Waals surface area contributed by atoms with Crippen LogP contribution in [0.5, 0.6) is 5.75 Å². The summed E-state index contributed by atoms with van der Waals surface area (Å²) < 4.78 is 34.9. The van der Waals surface area contributed by atoms with Crippen LogP contribution < -0.4 is 10.5 Å². The molecule has 3 rings (SSSR count). The number of amides is 1. The Kier molecular flexibility index (Phi) is 6.70. The zero-order chi connectivity index (χ0) is 22.6. The third-order valence-corrected chi connectivity index (χ3v) is 5.18. The van der Waals surface area contributed by atoms with Gasteiger partial charge in [-0.2, -0.15) is 8.78 Å². The van der Waals surface area contributed by atoms with Gasteiger partial charge in [0.1, 0.15) is 5.75 Å². The number of aliphatic imine (C=N–C) groups is 1. The number of alkyl halides is 2. The molecule has 0 aromatic heterocycles. The molecule has 2 N–H and O–H groups in total. The summed E-state index contributed by atoms with van der Waals surface area (Å²) in [7, 11) is 1.55. The van der Waals surface area contributed by atoms with Crippen molar-refractivity contribution in [3.63, 3.8) is 0 Å². The number of halogens is 2.